The van der Waals surface area contributed by atoms with Crippen molar-refractivity contribution in [2.45, 2.75) is 45.1 Å². The lowest BCUT2D eigenvalue weighted by molar-refractivity contribution is 0.0682. The van der Waals surface area contributed by atoms with E-state index < -0.39 is 0 Å². The Balaban J connectivity index is 1.49. The Bertz CT molecular complexity index is 851. The molecule has 0 radical (unpaired) electrons. The molecule has 2 N–H and O–H groups in total. The molecule has 2 aromatic carbocycles. The van der Waals surface area contributed by atoms with E-state index in [4.69, 9.17) is 26.4 Å². The van der Waals surface area contributed by atoms with Crippen molar-refractivity contribution >= 4 is 28.9 Å². The highest BCUT2D eigenvalue weighted by molar-refractivity contribution is 7.80. The molecule has 1 saturated heterocycles. The number of hydrogen-bond donors (Lipinski definition) is 2. The van der Waals surface area contributed by atoms with Gasteiger partial charge in [-0.3, -0.25) is 10.1 Å². The monoisotopic (exact) mass is 442 g/mol. The van der Waals surface area contributed by atoms with Crippen LogP contribution in [0, 0.1) is 0 Å². The third-order valence-corrected chi connectivity index (χ3v) is 5.15. The molecule has 1 amide bonds. The van der Waals surface area contributed by atoms with Gasteiger partial charge in [-0.05, 0) is 67.9 Å². The van der Waals surface area contributed by atoms with Crippen molar-refractivity contribution in [3.63, 3.8) is 0 Å². The number of benzene rings is 2. The zero-order valence-electron chi connectivity index (χ0n) is 17.9. The Morgan fingerprint density at radius 1 is 1.13 bits per heavy atom. The van der Waals surface area contributed by atoms with E-state index >= 15 is 0 Å². The first-order valence-electron chi connectivity index (χ1n) is 10.8. The van der Waals surface area contributed by atoms with Gasteiger partial charge in [-0.25, -0.2) is 0 Å². The normalized spacial score (nSPS) is 15.3. The second-order valence-corrected chi connectivity index (χ2v) is 7.84. The molecule has 1 unspecified atom stereocenters. The Labute approximate surface area is 189 Å². The number of nitrogens with one attached hydrogen (secondary N) is 2. The van der Waals surface area contributed by atoms with Crippen molar-refractivity contribution in [1.29, 1.82) is 0 Å². The van der Waals surface area contributed by atoms with Gasteiger partial charge in [-0.15, -0.1) is 0 Å². The lowest BCUT2D eigenvalue weighted by Gasteiger charge is -2.16. The van der Waals surface area contributed by atoms with Crippen LogP contribution in [0.3, 0.4) is 0 Å². The Morgan fingerprint density at radius 3 is 2.68 bits per heavy atom. The molecule has 0 spiro atoms. The summed E-state index contributed by atoms with van der Waals surface area (Å²) in [4.78, 5) is 12.5. The maximum atomic E-state index is 12.5. The number of amides is 1. The first kappa shape index (κ1) is 23.0. The molecule has 0 saturated carbocycles. The Kier molecular flexibility index (Phi) is 9.12. The number of carbonyl (C=O) groups is 1. The van der Waals surface area contributed by atoms with Gasteiger partial charge in [0.15, 0.2) is 5.11 Å². The van der Waals surface area contributed by atoms with E-state index in [1.54, 1.807) is 24.3 Å². The number of ether oxygens (including phenoxy) is 3. The highest BCUT2D eigenvalue weighted by Crippen LogP contribution is 2.25. The van der Waals surface area contributed by atoms with Gasteiger partial charge >= 0.3 is 0 Å². The summed E-state index contributed by atoms with van der Waals surface area (Å²) in [6.07, 6.45) is 5.52. The minimum Gasteiger partial charge on any atom is -0.494 e. The molecule has 1 heterocycles. The molecule has 1 fully saturated rings. The number of anilines is 1. The molecule has 1 atom stereocenters. The standard InChI is InChI=1S/C24H30N2O4S/c1-2-3-6-15-28-19-13-11-18(12-14-19)23(27)26-24(31)25-21-9-4-5-10-22(21)30-17-20-8-7-16-29-20/h4-5,9-14,20H,2-3,6-8,15-17H2,1H3,(H2,25,26,27,31). The van der Waals surface area contributed by atoms with Gasteiger partial charge in [0.1, 0.15) is 18.1 Å². The summed E-state index contributed by atoms with van der Waals surface area (Å²) in [5, 5.41) is 5.96. The van der Waals surface area contributed by atoms with Gasteiger partial charge in [-0.2, -0.15) is 0 Å². The van der Waals surface area contributed by atoms with E-state index in [2.05, 4.69) is 17.6 Å². The van der Waals surface area contributed by atoms with Crippen LogP contribution in [0.2, 0.25) is 0 Å². The number of carbonyl (C=O) groups excluding carboxylic acids is 1. The SMILES string of the molecule is CCCCCOc1ccc(C(=O)NC(=S)Nc2ccccc2OCC2CCCO2)cc1. The molecular weight excluding hydrogens is 412 g/mol. The van der Waals surface area contributed by atoms with Crippen molar-refractivity contribution in [2.24, 2.45) is 0 Å². The van der Waals surface area contributed by atoms with Crippen LogP contribution < -0.4 is 20.1 Å². The summed E-state index contributed by atoms with van der Waals surface area (Å²) in [6.45, 7) is 4.12. The molecule has 6 nitrogen and oxygen atoms in total. The smallest absolute Gasteiger partial charge is 0.257 e. The third-order valence-electron chi connectivity index (χ3n) is 4.94. The lowest BCUT2D eigenvalue weighted by Crippen LogP contribution is -2.34. The first-order chi connectivity index (χ1) is 15.2. The molecule has 0 bridgehead atoms. The molecule has 1 aliphatic heterocycles. The molecule has 0 aliphatic carbocycles. The third kappa shape index (κ3) is 7.52. The molecule has 1 aliphatic rings. The second-order valence-electron chi connectivity index (χ2n) is 7.43. The van der Waals surface area contributed by atoms with E-state index in [-0.39, 0.29) is 17.1 Å². The van der Waals surface area contributed by atoms with Gasteiger partial charge in [-0.1, -0.05) is 31.9 Å². The molecule has 31 heavy (non-hydrogen) atoms. The minimum absolute atomic E-state index is 0.123. The van der Waals surface area contributed by atoms with E-state index in [0.717, 1.165) is 44.5 Å². The predicted octanol–water partition coefficient (Wildman–Crippen LogP) is 4.94. The van der Waals surface area contributed by atoms with Crippen molar-refractivity contribution in [3.05, 3.63) is 54.1 Å². The maximum Gasteiger partial charge on any atom is 0.257 e. The van der Waals surface area contributed by atoms with E-state index in [9.17, 15) is 4.79 Å². The van der Waals surface area contributed by atoms with Gasteiger partial charge in [0.2, 0.25) is 0 Å². The van der Waals surface area contributed by atoms with Crippen LogP contribution >= 0.6 is 12.2 Å². The molecule has 166 valence electrons. The van der Waals surface area contributed by atoms with Crippen LogP contribution in [-0.4, -0.2) is 36.9 Å². The van der Waals surface area contributed by atoms with Crippen LogP contribution in [0.25, 0.3) is 0 Å². The van der Waals surface area contributed by atoms with E-state index in [1.807, 2.05) is 24.3 Å². The Hall–Kier alpha value is -2.64. The second kappa shape index (κ2) is 12.3. The zero-order chi connectivity index (χ0) is 21.9. The topological polar surface area (TPSA) is 68.8 Å². The average molecular weight is 443 g/mol. The minimum atomic E-state index is -0.284. The van der Waals surface area contributed by atoms with Crippen molar-refractivity contribution in [3.8, 4) is 11.5 Å². The van der Waals surface area contributed by atoms with Crippen molar-refractivity contribution in [1.82, 2.24) is 5.32 Å². The van der Waals surface area contributed by atoms with E-state index in [1.165, 1.54) is 0 Å². The summed E-state index contributed by atoms with van der Waals surface area (Å²) in [5.41, 5.74) is 1.20. The van der Waals surface area contributed by atoms with Crippen LogP contribution in [-0.2, 0) is 4.74 Å². The maximum absolute atomic E-state index is 12.5. The van der Waals surface area contributed by atoms with Crippen LogP contribution in [0.1, 0.15) is 49.4 Å². The largest absolute Gasteiger partial charge is 0.494 e. The average Bonchev–Trinajstić information content (AvgIpc) is 3.30. The summed E-state index contributed by atoms with van der Waals surface area (Å²) >= 11 is 5.32. The van der Waals surface area contributed by atoms with Crippen molar-refractivity contribution in [2.75, 3.05) is 25.1 Å². The summed E-state index contributed by atoms with van der Waals surface area (Å²) in [7, 11) is 0. The highest BCUT2D eigenvalue weighted by Gasteiger charge is 2.17. The first-order valence-corrected chi connectivity index (χ1v) is 11.2. The van der Waals surface area contributed by atoms with Crippen molar-refractivity contribution < 1.29 is 19.0 Å². The van der Waals surface area contributed by atoms with Crippen LogP contribution in [0.5, 0.6) is 11.5 Å². The fourth-order valence-corrected chi connectivity index (χ4v) is 3.43. The lowest BCUT2D eigenvalue weighted by atomic mass is 10.2. The zero-order valence-corrected chi connectivity index (χ0v) is 18.7. The molecule has 2 aromatic rings. The van der Waals surface area contributed by atoms with E-state index in [0.29, 0.717) is 30.2 Å². The predicted molar refractivity (Wildman–Crippen MR) is 126 cm³/mol. The van der Waals surface area contributed by atoms with Gasteiger partial charge in [0.25, 0.3) is 5.91 Å². The quantitative estimate of drug-likeness (QED) is 0.401. The highest BCUT2D eigenvalue weighted by atomic mass is 32.1. The molecule has 0 aromatic heterocycles. The number of para-hydroxylation sites is 2. The fourth-order valence-electron chi connectivity index (χ4n) is 3.23. The molecule has 3 rings (SSSR count). The summed E-state index contributed by atoms with van der Waals surface area (Å²) in [6, 6.07) is 14.5. The fraction of sp³-hybridized carbons (Fsp3) is 0.417. The molecule has 7 heteroatoms. The number of thiocarbonyl (C=S) groups is 1. The Morgan fingerprint density at radius 2 is 1.94 bits per heavy atom. The number of rotatable bonds is 10. The number of hydrogen-bond acceptors (Lipinski definition) is 5. The number of unbranched alkanes of at least 4 members (excludes halogenated alkanes) is 2. The van der Waals surface area contributed by atoms with Gasteiger partial charge < -0.3 is 19.5 Å². The van der Waals surface area contributed by atoms with Crippen LogP contribution in [0.15, 0.2) is 48.5 Å². The van der Waals surface area contributed by atoms with Gasteiger partial charge in [0.05, 0.1) is 18.4 Å². The summed E-state index contributed by atoms with van der Waals surface area (Å²) < 4.78 is 17.2. The molecular formula is C24H30N2O4S. The summed E-state index contributed by atoms with van der Waals surface area (Å²) in [5.74, 6) is 1.14. The van der Waals surface area contributed by atoms with Gasteiger partial charge in [0, 0.05) is 12.2 Å². The van der Waals surface area contributed by atoms with Crippen LogP contribution in [0.4, 0.5) is 5.69 Å².